The van der Waals surface area contributed by atoms with Crippen LogP contribution in [0.15, 0.2) is 5.16 Å². The Morgan fingerprint density at radius 2 is 2.06 bits per heavy atom. The summed E-state index contributed by atoms with van der Waals surface area (Å²) in [6.45, 7) is 6.14. The molecule has 0 spiro atoms. The molecule has 0 amide bonds. The van der Waals surface area contributed by atoms with Crippen molar-refractivity contribution < 1.29 is 9.90 Å². The van der Waals surface area contributed by atoms with E-state index in [-0.39, 0.29) is 11.8 Å². The first-order valence-corrected chi connectivity index (χ1v) is 7.12. The minimum Gasteiger partial charge on any atom is -0.481 e. The molecule has 0 unspecified atom stereocenters. The summed E-state index contributed by atoms with van der Waals surface area (Å²) in [4.78, 5) is 12.8. The lowest BCUT2D eigenvalue weighted by Crippen LogP contribution is -2.23. The number of hydrogen-bond donors (Lipinski definition) is 1. The zero-order valence-electron chi connectivity index (χ0n) is 10.7. The van der Waals surface area contributed by atoms with Crippen molar-refractivity contribution in [3.63, 3.8) is 0 Å². The Morgan fingerprint density at radius 3 is 2.61 bits per heavy atom. The number of carboxylic acid groups (broad SMARTS) is 1. The Kier molecular flexibility index (Phi) is 4.11. The van der Waals surface area contributed by atoms with Crippen LogP contribution in [0.1, 0.15) is 32.7 Å². The van der Waals surface area contributed by atoms with Crippen LogP contribution in [0.5, 0.6) is 0 Å². The smallest absolute Gasteiger partial charge is 0.313 e. The summed E-state index contributed by atoms with van der Waals surface area (Å²) in [6, 6.07) is 0.229. The van der Waals surface area contributed by atoms with E-state index >= 15 is 0 Å². The quantitative estimate of drug-likeness (QED) is 0.820. The molecule has 1 saturated heterocycles. The van der Waals surface area contributed by atoms with E-state index < -0.39 is 5.97 Å². The molecule has 1 aliphatic rings. The molecule has 0 radical (unpaired) electrons. The number of thioether (sulfide) groups is 1. The summed E-state index contributed by atoms with van der Waals surface area (Å²) in [5.41, 5.74) is 0. The van der Waals surface area contributed by atoms with Gasteiger partial charge in [0.15, 0.2) is 5.16 Å². The maximum absolute atomic E-state index is 10.6. The summed E-state index contributed by atoms with van der Waals surface area (Å²) in [5, 5.41) is 17.8. The predicted molar refractivity (Wildman–Crippen MR) is 70.2 cm³/mol. The highest BCUT2D eigenvalue weighted by Crippen LogP contribution is 2.27. The maximum atomic E-state index is 10.6. The monoisotopic (exact) mass is 270 g/mol. The minimum absolute atomic E-state index is 0.0187. The highest BCUT2D eigenvalue weighted by Gasteiger charge is 2.22. The van der Waals surface area contributed by atoms with Crippen molar-refractivity contribution in [2.24, 2.45) is 0 Å². The molecule has 7 heteroatoms. The summed E-state index contributed by atoms with van der Waals surface area (Å²) >= 11 is 1.23. The van der Waals surface area contributed by atoms with Crippen LogP contribution >= 0.6 is 11.8 Å². The zero-order valence-corrected chi connectivity index (χ0v) is 11.5. The number of carbonyl (C=O) groups is 1. The summed E-state index contributed by atoms with van der Waals surface area (Å²) in [5.74, 6) is 0.0571. The fourth-order valence-electron chi connectivity index (χ4n) is 2.08. The fourth-order valence-corrected chi connectivity index (χ4v) is 2.86. The van der Waals surface area contributed by atoms with Crippen LogP contribution in [-0.4, -0.2) is 44.7 Å². The molecule has 0 bridgehead atoms. The Balaban J connectivity index is 2.22. The van der Waals surface area contributed by atoms with Crippen molar-refractivity contribution in [2.75, 3.05) is 23.7 Å². The largest absolute Gasteiger partial charge is 0.481 e. The summed E-state index contributed by atoms with van der Waals surface area (Å²) < 4.78 is 2.03. The average molecular weight is 270 g/mol. The molecule has 1 aliphatic heterocycles. The highest BCUT2D eigenvalue weighted by atomic mass is 32.2. The second-order valence-corrected chi connectivity index (χ2v) is 5.57. The molecule has 1 fully saturated rings. The zero-order chi connectivity index (χ0) is 13.1. The second-order valence-electron chi connectivity index (χ2n) is 4.62. The Morgan fingerprint density at radius 1 is 1.39 bits per heavy atom. The van der Waals surface area contributed by atoms with Crippen LogP contribution in [0.3, 0.4) is 0 Å². The molecule has 18 heavy (non-hydrogen) atoms. The third-order valence-electron chi connectivity index (χ3n) is 2.88. The van der Waals surface area contributed by atoms with Crippen LogP contribution in [0.25, 0.3) is 0 Å². The predicted octanol–water partition coefficient (Wildman–Crippen LogP) is 1.64. The maximum Gasteiger partial charge on any atom is 0.313 e. The van der Waals surface area contributed by atoms with Crippen molar-refractivity contribution in [1.82, 2.24) is 14.8 Å². The third kappa shape index (κ3) is 2.77. The van der Waals surface area contributed by atoms with E-state index in [1.165, 1.54) is 24.6 Å². The lowest BCUT2D eigenvalue weighted by atomic mass is 10.4. The molecule has 2 heterocycles. The molecule has 0 aromatic carbocycles. The SMILES string of the molecule is CC(C)n1c(SCC(=O)O)nnc1N1CCCC1. The Labute approximate surface area is 110 Å². The topological polar surface area (TPSA) is 71.2 Å². The molecular weight excluding hydrogens is 252 g/mol. The molecule has 1 aromatic heterocycles. The average Bonchev–Trinajstić information content (AvgIpc) is 2.94. The van der Waals surface area contributed by atoms with Gasteiger partial charge in [0.25, 0.3) is 0 Å². The van der Waals surface area contributed by atoms with Gasteiger partial charge in [0, 0.05) is 19.1 Å². The molecule has 0 atom stereocenters. The van der Waals surface area contributed by atoms with Crippen molar-refractivity contribution in [1.29, 1.82) is 0 Å². The van der Waals surface area contributed by atoms with Gasteiger partial charge in [0.1, 0.15) is 0 Å². The molecule has 1 aromatic rings. The number of anilines is 1. The first-order valence-electron chi connectivity index (χ1n) is 6.14. The summed E-state index contributed by atoms with van der Waals surface area (Å²) in [7, 11) is 0. The van der Waals surface area contributed by atoms with E-state index in [1.807, 2.05) is 4.57 Å². The normalized spacial score (nSPS) is 15.6. The van der Waals surface area contributed by atoms with Crippen LogP contribution in [0.2, 0.25) is 0 Å². The van der Waals surface area contributed by atoms with Gasteiger partial charge in [0.05, 0.1) is 5.75 Å². The number of nitrogens with zero attached hydrogens (tertiary/aromatic N) is 4. The van der Waals surface area contributed by atoms with Crippen LogP contribution < -0.4 is 4.90 Å². The number of aromatic nitrogens is 3. The summed E-state index contributed by atoms with van der Waals surface area (Å²) in [6.07, 6.45) is 2.37. The van der Waals surface area contributed by atoms with Crippen molar-refractivity contribution in [3.8, 4) is 0 Å². The first-order chi connectivity index (χ1) is 8.59. The van der Waals surface area contributed by atoms with Gasteiger partial charge in [-0.25, -0.2) is 0 Å². The molecule has 2 rings (SSSR count). The second kappa shape index (κ2) is 5.60. The molecule has 1 N–H and O–H groups in total. The van der Waals surface area contributed by atoms with Gasteiger partial charge in [-0.05, 0) is 26.7 Å². The molecular formula is C11H18N4O2S. The van der Waals surface area contributed by atoms with E-state index in [0.717, 1.165) is 19.0 Å². The number of carboxylic acids is 1. The van der Waals surface area contributed by atoms with E-state index in [4.69, 9.17) is 5.11 Å². The lowest BCUT2D eigenvalue weighted by Gasteiger charge is -2.20. The van der Waals surface area contributed by atoms with E-state index in [0.29, 0.717) is 5.16 Å². The van der Waals surface area contributed by atoms with Gasteiger partial charge in [-0.2, -0.15) is 0 Å². The molecule has 6 nitrogen and oxygen atoms in total. The number of aliphatic carboxylic acids is 1. The van der Waals surface area contributed by atoms with Gasteiger partial charge in [-0.15, -0.1) is 10.2 Å². The number of rotatable bonds is 5. The van der Waals surface area contributed by atoms with Crippen LogP contribution in [0.4, 0.5) is 5.95 Å². The Bertz CT molecular complexity index is 427. The van der Waals surface area contributed by atoms with E-state index in [2.05, 4.69) is 28.9 Å². The molecule has 0 aliphatic carbocycles. The molecule has 0 saturated carbocycles. The fraction of sp³-hybridized carbons (Fsp3) is 0.727. The third-order valence-corrected chi connectivity index (χ3v) is 3.80. The van der Waals surface area contributed by atoms with Gasteiger partial charge >= 0.3 is 5.97 Å². The standard InChI is InChI=1S/C11H18N4O2S/c1-8(2)15-10(14-5-3-4-6-14)12-13-11(15)18-7-9(16)17/h8H,3-7H2,1-2H3,(H,16,17). The molecule has 100 valence electrons. The minimum atomic E-state index is -0.832. The Hall–Kier alpha value is -1.24. The van der Waals surface area contributed by atoms with E-state index in [9.17, 15) is 4.79 Å². The highest BCUT2D eigenvalue weighted by molar-refractivity contribution is 7.99. The number of hydrogen-bond acceptors (Lipinski definition) is 5. The van der Waals surface area contributed by atoms with Crippen molar-refractivity contribution in [3.05, 3.63) is 0 Å². The van der Waals surface area contributed by atoms with Crippen molar-refractivity contribution in [2.45, 2.75) is 37.9 Å². The lowest BCUT2D eigenvalue weighted by molar-refractivity contribution is -0.133. The van der Waals surface area contributed by atoms with Gasteiger partial charge in [0.2, 0.25) is 5.95 Å². The van der Waals surface area contributed by atoms with Crippen LogP contribution in [-0.2, 0) is 4.79 Å². The van der Waals surface area contributed by atoms with Crippen molar-refractivity contribution >= 4 is 23.7 Å². The first kappa shape index (κ1) is 13.2. The van der Waals surface area contributed by atoms with Gasteiger partial charge in [-0.3, -0.25) is 9.36 Å². The van der Waals surface area contributed by atoms with Gasteiger partial charge in [-0.1, -0.05) is 11.8 Å². The van der Waals surface area contributed by atoms with E-state index in [1.54, 1.807) is 0 Å². The van der Waals surface area contributed by atoms with Crippen LogP contribution in [0, 0.1) is 0 Å². The van der Waals surface area contributed by atoms with Gasteiger partial charge < -0.3 is 10.0 Å².